The van der Waals surface area contributed by atoms with Crippen LogP contribution in [-0.2, 0) is 11.3 Å². The molecule has 0 bridgehead atoms. The molecular weight excluding hydrogens is 319 g/mol. The summed E-state index contributed by atoms with van der Waals surface area (Å²) in [5, 5.41) is 0.370. The third-order valence-corrected chi connectivity index (χ3v) is 4.77. The van der Waals surface area contributed by atoms with Crippen LogP contribution in [-0.4, -0.2) is 22.6 Å². The molecule has 2 heterocycles. The van der Waals surface area contributed by atoms with Gasteiger partial charge in [0, 0.05) is 5.56 Å². The van der Waals surface area contributed by atoms with Crippen molar-refractivity contribution in [2.24, 2.45) is 0 Å². The molecule has 0 aliphatic heterocycles. The van der Waals surface area contributed by atoms with Gasteiger partial charge in [0.1, 0.15) is 15.5 Å². The fourth-order valence-corrected chi connectivity index (χ4v) is 3.43. The first-order valence-corrected chi connectivity index (χ1v) is 7.65. The molecule has 5 nitrogen and oxygen atoms in total. The van der Waals surface area contributed by atoms with Crippen molar-refractivity contribution >= 4 is 27.5 Å². The lowest BCUT2D eigenvalue weighted by Crippen LogP contribution is -2.21. The van der Waals surface area contributed by atoms with Crippen LogP contribution in [0.5, 0.6) is 0 Å². The molecule has 0 radical (unpaired) electrons. The van der Waals surface area contributed by atoms with Crippen molar-refractivity contribution in [2.45, 2.75) is 13.5 Å². The molecule has 0 N–H and O–H groups in total. The number of methoxy groups -OCH3 is 1. The van der Waals surface area contributed by atoms with E-state index in [9.17, 15) is 14.0 Å². The molecule has 118 valence electrons. The summed E-state index contributed by atoms with van der Waals surface area (Å²) in [5.41, 5.74) is 0.635. The molecule has 0 saturated heterocycles. The summed E-state index contributed by atoms with van der Waals surface area (Å²) in [6, 6.07) is 6.26. The highest BCUT2D eigenvalue weighted by Gasteiger charge is 2.20. The second-order valence-corrected chi connectivity index (χ2v) is 6.00. The first-order valence-electron chi connectivity index (χ1n) is 6.83. The van der Waals surface area contributed by atoms with E-state index >= 15 is 0 Å². The zero-order chi connectivity index (χ0) is 16.6. The Bertz CT molecular complexity index is 962. The maximum Gasteiger partial charge on any atom is 0.348 e. The summed E-state index contributed by atoms with van der Waals surface area (Å²) in [6.45, 7) is 1.76. The third-order valence-electron chi connectivity index (χ3n) is 3.59. The normalized spacial score (nSPS) is 10.9. The second-order valence-electron chi connectivity index (χ2n) is 5.00. The third kappa shape index (κ3) is 2.63. The van der Waals surface area contributed by atoms with Crippen LogP contribution in [0, 0.1) is 12.7 Å². The average Bonchev–Trinajstić information content (AvgIpc) is 2.89. The number of halogens is 1. The van der Waals surface area contributed by atoms with Crippen molar-refractivity contribution in [3.63, 3.8) is 0 Å². The molecule has 23 heavy (non-hydrogen) atoms. The molecule has 0 saturated carbocycles. The number of aryl methyl sites for hydroxylation is 1. The zero-order valence-corrected chi connectivity index (χ0v) is 13.3. The number of benzene rings is 1. The lowest BCUT2D eigenvalue weighted by atomic mass is 10.2. The zero-order valence-electron chi connectivity index (χ0n) is 12.5. The largest absolute Gasteiger partial charge is 0.465 e. The maximum absolute atomic E-state index is 13.8. The molecule has 0 unspecified atom stereocenters. The minimum Gasteiger partial charge on any atom is -0.465 e. The average molecular weight is 332 g/mol. The van der Waals surface area contributed by atoms with Gasteiger partial charge < -0.3 is 4.74 Å². The first kappa shape index (κ1) is 15.4. The van der Waals surface area contributed by atoms with Gasteiger partial charge in [-0.1, -0.05) is 18.2 Å². The number of fused-ring (bicyclic) bond motifs is 1. The molecule has 0 aliphatic carbocycles. The molecular formula is C16H13FN2O3S. The number of hydrogen-bond acceptors (Lipinski definition) is 5. The number of thiophene rings is 1. The monoisotopic (exact) mass is 332 g/mol. The van der Waals surface area contributed by atoms with E-state index in [-0.39, 0.29) is 17.9 Å². The Morgan fingerprint density at radius 3 is 2.83 bits per heavy atom. The molecule has 3 rings (SSSR count). The molecule has 2 aromatic heterocycles. The van der Waals surface area contributed by atoms with Gasteiger partial charge >= 0.3 is 5.97 Å². The smallest absolute Gasteiger partial charge is 0.348 e. The Hall–Kier alpha value is -2.54. The molecule has 0 spiro atoms. The van der Waals surface area contributed by atoms with Crippen LogP contribution in [0.3, 0.4) is 0 Å². The molecule has 0 atom stereocenters. The van der Waals surface area contributed by atoms with Crippen LogP contribution in [0.2, 0.25) is 0 Å². The fourth-order valence-electron chi connectivity index (χ4n) is 2.37. The van der Waals surface area contributed by atoms with E-state index in [1.165, 1.54) is 24.1 Å². The van der Waals surface area contributed by atoms with Gasteiger partial charge in [0.05, 0.1) is 25.4 Å². The lowest BCUT2D eigenvalue weighted by Gasteiger charge is -2.06. The van der Waals surface area contributed by atoms with Crippen molar-refractivity contribution in [2.75, 3.05) is 7.11 Å². The maximum atomic E-state index is 13.8. The van der Waals surface area contributed by atoms with Crippen LogP contribution in [0.1, 0.15) is 20.8 Å². The Morgan fingerprint density at radius 1 is 1.39 bits per heavy atom. The summed E-state index contributed by atoms with van der Waals surface area (Å²) >= 11 is 1.12. The van der Waals surface area contributed by atoms with Gasteiger partial charge in [0.15, 0.2) is 0 Å². The number of hydrogen-bond donors (Lipinski definition) is 0. The van der Waals surface area contributed by atoms with E-state index < -0.39 is 5.97 Å². The van der Waals surface area contributed by atoms with Crippen molar-refractivity contribution in [1.29, 1.82) is 0 Å². The van der Waals surface area contributed by atoms with E-state index in [2.05, 4.69) is 4.98 Å². The Kier molecular flexibility index (Phi) is 3.96. The van der Waals surface area contributed by atoms with Crippen LogP contribution in [0.15, 0.2) is 35.4 Å². The SMILES string of the molecule is COC(=O)c1sc2ncn(Cc3ccccc3F)c(=O)c2c1C. The van der Waals surface area contributed by atoms with E-state index in [4.69, 9.17) is 4.74 Å². The van der Waals surface area contributed by atoms with E-state index in [1.807, 2.05) is 0 Å². The van der Waals surface area contributed by atoms with Crippen molar-refractivity contribution in [1.82, 2.24) is 9.55 Å². The number of esters is 1. The fraction of sp³-hybridized carbons (Fsp3) is 0.188. The Labute approximate surface area is 135 Å². The predicted molar refractivity (Wildman–Crippen MR) is 85.5 cm³/mol. The van der Waals surface area contributed by atoms with Gasteiger partial charge in [-0.2, -0.15) is 0 Å². The lowest BCUT2D eigenvalue weighted by molar-refractivity contribution is 0.0605. The van der Waals surface area contributed by atoms with E-state index in [0.717, 1.165) is 11.3 Å². The van der Waals surface area contributed by atoms with Gasteiger partial charge in [0.2, 0.25) is 0 Å². The van der Waals surface area contributed by atoms with Gasteiger partial charge in [0.25, 0.3) is 5.56 Å². The summed E-state index contributed by atoms with van der Waals surface area (Å²) in [5.74, 6) is -0.873. The quantitative estimate of drug-likeness (QED) is 0.692. The topological polar surface area (TPSA) is 61.2 Å². The highest BCUT2D eigenvalue weighted by molar-refractivity contribution is 7.20. The summed E-state index contributed by atoms with van der Waals surface area (Å²) in [6.07, 6.45) is 1.37. The highest BCUT2D eigenvalue weighted by Crippen LogP contribution is 2.27. The minimum atomic E-state index is -0.495. The number of ether oxygens (including phenoxy) is 1. The summed E-state index contributed by atoms with van der Waals surface area (Å²) in [4.78, 5) is 29.4. The molecule has 0 fully saturated rings. The second kappa shape index (κ2) is 5.92. The minimum absolute atomic E-state index is 0.0806. The van der Waals surface area contributed by atoms with Gasteiger partial charge in [-0.3, -0.25) is 9.36 Å². The van der Waals surface area contributed by atoms with Crippen LogP contribution in [0.4, 0.5) is 4.39 Å². The first-order chi connectivity index (χ1) is 11.0. The van der Waals surface area contributed by atoms with E-state index in [0.29, 0.717) is 26.2 Å². The molecule has 7 heteroatoms. The number of rotatable bonds is 3. The molecule has 3 aromatic rings. The van der Waals surface area contributed by atoms with Gasteiger partial charge in [-0.05, 0) is 18.6 Å². The molecule has 1 aromatic carbocycles. The van der Waals surface area contributed by atoms with Gasteiger partial charge in [-0.25, -0.2) is 14.2 Å². The standard InChI is InChI=1S/C16H13FN2O3S/c1-9-12-14(23-13(9)16(21)22-2)18-8-19(15(12)20)7-10-5-3-4-6-11(10)17/h3-6,8H,7H2,1-2H3. The number of carbonyl (C=O) groups is 1. The number of aromatic nitrogens is 2. The number of nitrogens with zero attached hydrogens (tertiary/aromatic N) is 2. The Balaban J connectivity index is 2.12. The summed E-state index contributed by atoms with van der Waals surface area (Å²) < 4.78 is 19.8. The predicted octanol–water partition coefficient (Wildman–Crippen LogP) is 2.74. The van der Waals surface area contributed by atoms with Crippen molar-refractivity contribution < 1.29 is 13.9 Å². The van der Waals surface area contributed by atoms with Crippen LogP contribution >= 0.6 is 11.3 Å². The Morgan fingerprint density at radius 2 is 2.13 bits per heavy atom. The van der Waals surface area contributed by atoms with E-state index in [1.54, 1.807) is 25.1 Å². The highest BCUT2D eigenvalue weighted by atomic mass is 32.1. The van der Waals surface area contributed by atoms with Crippen LogP contribution < -0.4 is 5.56 Å². The van der Waals surface area contributed by atoms with Gasteiger partial charge in [-0.15, -0.1) is 11.3 Å². The van der Waals surface area contributed by atoms with Crippen LogP contribution in [0.25, 0.3) is 10.2 Å². The molecule has 0 aliphatic rings. The summed E-state index contributed by atoms with van der Waals surface area (Å²) in [7, 11) is 1.29. The molecule has 0 amide bonds. The van der Waals surface area contributed by atoms with Crippen molar-refractivity contribution in [3.05, 3.63) is 62.8 Å². The number of carbonyl (C=O) groups excluding carboxylic acids is 1. The van der Waals surface area contributed by atoms with Crippen molar-refractivity contribution in [3.8, 4) is 0 Å².